The van der Waals surface area contributed by atoms with Gasteiger partial charge in [-0.25, -0.2) is 0 Å². The molecule has 0 saturated carbocycles. The van der Waals surface area contributed by atoms with Gasteiger partial charge in [-0.15, -0.1) is 0 Å². The number of aromatic nitrogens is 2. The predicted octanol–water partition coefficient (Wildman–Crippen LogP) is 4.27. The lowest BCUT2D eigenvalue weighted by Gasteiger charge is -2.31. The summed E-state index contributed by atoms with van der Waals surface area (Å²) in [6.45, 7) is 4.46. The number of methoxy groups -OCH3 is 1. The van der Waals surface area contributed by atoms with Crippen LogP contribution in [0.25, 0.3) is 11.3 Å². The number of benzene rings is 2. The maximum absolute atomic E-state index is 13.5. The van der Waals surface area contributed by atoms with Gasteiger partial charge in [-0.1, -0.05) is 29.3 Å². The number of morpholine rings is 1. The third-order valence-corrected chi connectivity index (χ3v) is 6.81. The Hall–Kier alpha value is -2.58. The molecule has 3 heterocycles. The summed E-state index contributed by atoms with van der Waals surface area (Å²) < 4.78 is 10.7. The fraction of sp³-hybridized carbons (Fsp3) is 0.333. The molecule has 5 rings (SSSR count). The van der Waals surface area contributed by atoms with Gasteiger partial charge in [0, 0.05) is 47.4 Å². The molecule has 172 valence electrons. The average Bonchev–Trinajstić information content (AvgIpc) is 3.38. The van der Waals surface area contributed by atoms with Gasteiger partial charge < -0.3 is 14.4 Å². The number of halogens is 2. The summed E-state index contributed by atoms with van der Waals surface area (Å²) in [5.41, 5.74) is 3.78. The van der Waals surface area contributed by atoms with Crippen molar-refractivity contribution in [2.45, 2.75) is 6.04 Å². The van der Waals surface area contributed by atoms with E-state index in [2.05, 4.69) is 15.1 Å². The summed E-state index contributed by atoms with van der Waals surface area (Å²) in [6.07, 6.45) is 0. The van der Waals surface area contributed by atoms with E-state index in [1.54, 1.807) is 19.2 Å². The number of hydrogen-bond donors (Lipinski definition) is 1. The van der Waals surface area contributed by atoms with E-state index in [9.17, 15) is 4.79 Å². The Morgan fingerprint density at radius 3 is 2.58 bits per heavy atom. The fourth-order valence-electron chi connectivity index (χ4n) is 4.52. The van der Waals surface area contributed by atoms with E-state index in [1.165, 1.54) is 0 Å². The minimum Gasteiger partial charge on any atom is -0.497 e. The molecule has 2 aliphatic rings. The Bertz CT molecular complexity index is 1160. The number of rotatable bonds is 6. The van der Waals surface area contributed by atoms with Gasteiger partial charge >= 0.3 is 0 Å². The van der Waals surface area contributed by atoms with Crippen LogP contribution in [0.3, 0.4) is 0 Å². The van der Waals surface area contributed by atoms with Crippen molar-refractivity contribution in [2.75, 3.05) is 46.5 Å². The van der Waals surface area contributed by atoms with Gasteiger partial charge in [0.1, 0.15) is 11.4 Å². The summed E-state index contributed by atoms with van der Waals surface area (Å²) in [4.78, 5) is 17.7. The number of hydrogen-bond acceptors (Lipinski definition) is 5. The third-order valence-electron chi connectivity index (χ3n) is 6.25. The first-order valence-electron chi connectivity index (χ1n) is 10.9. The second-order valence-electron chi connectivity index (χ2n) is 8.11. The first-order valence-corrected chi connectivity index (χ1v) is 11.6. The number of fused-ring (bicyclic) bond motifs is 1. The first kappa shape index (κ1) is 22.2. The standard InChI is InChI=1S/C24H24Cl2N4O3/c1-32-17-5-2-15(3-6-17)21-20-22(28-27-21)24(31)30(9-8-29-10-12-33-13-11-29)23(20)18-7-4-16(25)14-19(18)26/h2-7,14,23H,8-13H2,1H3,(H,27,28). The Kier molecular flexibility index (Phi) is 6.29. The van der Waals surface area contributed by atoms with Crippen LogP contribution in [0.15, 0.2) is 42.5 Å². The molecule has 9 heteroatoms. The minimum atomic E-state index is -0.367. The number of amides is 1. The number of H-pyrrole nitrogens is 1. The molecule has 0 spiro atoms. The molecular formula is C24H24Cl2N4O3. The smallest absolute Gasteiger partial charge is 0.273 e. The molecule has 2 aliphatic heterocycles. The highest BCUT2D eigenvalue weighted by molar-refractivity contribution is 6.35. The van der Waals surface area contributed by atoms with E-state index in [0.717, 1.165) is 47.8 Å². The van der Waals surface area contributed by atoms with Crippen molar-refractivity contribution in [2.24, 2.45) is 0 Å². The molecule has 7 nitrogen and oxygen atoms in total. The van der Waals surface area contributed by atoms with Crippen LogP contribution in [-0.4, -0.2) is 72.4 Å². The zero-order valence-corrected chi connectivity index (χ0v) is 19.7. The topological polar surface area (TPSA) is 70.7 Å². The predicted molar refractivity (Wildman–Crippen MR) is 127 cm³/mol. The lowest BCUT2D eigenvalue weighted by Crippen LogP contribution is -2.42. The number of ether oxygens (including phenoxy) is 2. The van der Waals surface area contributed by atoms with Crippen LogP contribution in [-0.2, 0) is 4.74 Å². The summed E-state index contributed by atoms with van der Waals surface area (Å²) in [7, 11) is 1.63. The molecular weight excluding hydrogens is 463 g/mol. The Labute approximate surface area is 202 Å². The lowest BCUT2D eigenvalue weighted by molar-refractivity contribution is 0.0316. The van der Waals surface area contributed by atoms with Crippen molar-refractivity contribution in [3.8, 4) is 17.0 Å². The van der Waals surface area contributed by atoms with Crippen LogP contribution in [0.1, 0.15) is 27.7 Å². The summed E-state index contributed by atoms with van der Waals surface area (Å²) in [6, 6.07) is 12.7. The molecule has 3 aromatic rings. The van der Waals surface area contributed by atoms with Crippen molar-refractivity contribution in [1.82, 2.24) is 20.0 Å². The first-order chi connectivity index (χ1) is 16.1. The highest BCUT2D eigenvalue weighted by atomic mass is 35.5. The van der Waals surface area contributed by atoms with E-state index >= 15 is 0 Å². The van der Waals surface area contributed by atoms with Crippen LogP contribution >= 0.6 is 23.2 Å². The van der Waals surface area contributed by atoms with E-state index in [0.29, 0.717) is 35.5 Å². The largest absolute Gasteiger partial charge is 0.497 e. The third kappa shape index (κ3) is 4.22. The SMILES string of the molecule is COc1ccc(-c2n[nH]c3c2C(c2ccc(Cl)cc2Cl)N(CCN2CCOCC2)C3=O)cc1. The summed E-state index contributed by atoms with van der Waals surface area (Å²) in [5, 5.41) is 8.57. The van der Waals surface area contributed by atoms with E-state index in [-0.39, 0.29) is 11.9 Å². The summed E-state index contributed by atoms with van der Waals surface area (Å²) >= 11 is 12.8. The van der Waals surface area contributed by atoms with Crippen molar-refractivity contribution in [3.63, 3.8) is 0 Å². The number of aromatic amines is 1. The molecule has 1 N–H and O–H groups in total. The van der Waals surface area contributed by atoms with Crippen molar-refractivity contribution in [3.05, 3.63) is 69.3 Å². The molecule has 1 unspecified atom stereocenters. The van der Waals surface area contributed by atoms with Gasteiger partial charge in [0.2, 0.25) is 0 Å². The molecule has 1 aromatic heterocycles. The highest BCUT2D eigenvalue weighted by Gasteiger charge is 2.43. The number of carbonyl (C=O) groups excluding carboxylic acids is 1. The fourth-order valence-corrected chi connectivity index (χ4v) is 5.03. The van der Waals surface area contributed by atoms with Crippen LogP contribution in [0.5, 0.6) is 5.75 Å². The Morgan fingerprint density at radius 2 is 1.88 bits per heavy atom. The summed E-state index contributed by atoms with van der Waals surface area (Å²) in [5.74, 6) is 0.674. The molecule has 0 radical (unpaired) electrons. The average molecular weight is 487 g/mol. The van der Waals surface area contributed by atoms with Crippen molar-refractivity contribution >= 4 is 29.1 Å². The van der Waals surface area contributed by atoms with Gasteiger partial charge in [0.05, 0.1) is 32.1 Å². The van der Waals surface area contributed by atoms with Gasteiger partial charge in [-0.05, 0) is 42.0 Å². The zero-order chi connectivity index (χ0) is 22.9. The van der Waals surface area contributed by atoms with E-state index in [1.807, 2.05) is 35.2 Å². The maximum atomic E-state index is 13.5. The quantitative estimate of drug-likeness (QED) is 0.563. The highest BCUT2D eigenvalue weighted by Crippen LogP contribution is 2.45. The zero-order valence-electron chi connectivity index (χ0n) is 18.2. The Balaban J connectivity index is 1.55. The monoisotopic (exact) mass is 486 g/mol. The maximum Gasteiger partial charge on any atom is 0.273 e. The normalized spacial score (nSPS) is 18.6. The second-order valence-corrected chi connectivity index (χ2v) is 8.95. The number of carbonyl (C=O) groups is 1. The molecule has 1 fully saturated rings. The van der Waals surface area contributed by atoms with Crippen LogP contribution in [0, 0.1) is 0 Å². The second kappa shape index (κ2) is 9.35. The van der Waals surface area contributed by atoms with Crippen molar-refractivity contribution in [1.29, 1.82) is 0 Å². The molecule has 1 saturated heterocycles. The van der Waals surface area contributed by atoms with Crippen LogP contribution in [0.4, 0.5) is 0 Å². The van der Waals surface area contributed by atoms with Gasteiger partial charge in [-0.2, -0.15) is 5.10 Å². The molecule has 1 amide bonds. The number of nitrogens with one attached hydrogen (secondary N) is 1. The molecule has 0 aliphatic carbocycles. The van der Waals surface area contributed by atoms with E-state index < -0.39 is 0 Å². The van der Waals surface area contributed by atoms with Crippen LogP contribution < -0.4 is 4.74 Å². The molecule has 33 heavy (non-hydrogen) atoms. The lowest BCUT2D eigenvalue weighted by atomic mass is 9.96. The molecule has 0 bridgehead atoms. The van der Waals surface area contributed by atoms with Crippen LogP contribution in [0.2, 0.25) is 10.0 Å². The van der Waals surface area contributed by atoms with Gasteiger partial charge in [0.25, 0.3) is 5.91 Å². The van der Waals surface area contributed by atoms with E-state index in [4.69, 9.17) is 32.7 Å². The van der Waals surface area contributed by atoms with Crippen molar-refractivity contribution < 1.29 is 14.3 Å². The Morgan fingerprint density at radius 1 is 1.12 bits per heavy atom. The molecule has 1 atom stereocenters. The number of nitrogens with zero attached hydrogens (tertiary/aromatic N) is 3. The van der Waals surface area contributed by atoms with Gasteiger partial charge in [0.15, 0.2) is 0 Å². The minimum absolute atomic E-state index is 0.0819. The molecule has 2 aromatic carbocycles. The van der Waals surface area contributed by atoms with Gasteiger partial charge in [-0.3, -0.25) is 14.8 Å².